The number of aryl methyl sites for hydroxylation is 1. The standard InChI is InChI=1S/C10H12O.H2O3/c1-9(11)7-8-10-5-3-2-4-6-10;1-3-2/h2-6H,7-8H2,1H3;1-2H. The number of hydrogen-bond donors (Lipinski definition) is 2. The summed E-state index contributed by atoms with van der Waals surface area (Å²) in [5, 5.41) is 15.5. The van der Waals surface area contributed by atoms with Crippen molar-refractivity contribution in [3.63, 3.8) is 0 Å². The molecule has 0 atom stereocenters. The maximum absolute atomic E-state index is 10.6. The molecule has 14 heavy (non-hydrogen) atoms. The van der Waals surface area contributed by atoms with Crippen LogP contribution < -0.4 is 0 Å². The zero-order chi connectivity index (χ0) is 10.8. The molecule has 0 amide bonds. The van der Waals surface area contributed by atoms with Crippen LogP contribution >= 0.6 is 0 Å². The molecule has 2 N–H and O–H groups in total. The summed E-state index contributed by atoms with van der Waals surface area (Å²) in [6.45, 7) is 1.63. The van der Waals surface area contributed by atoms with E-state index in [1.54, 1.807) is 6.92 Å². The molecule has 0 saturated heterocycles. The normalized spacial score (nSPS) is 8.79. The van der Waals surface area contributed by atoms with Crippen LogP contribution in [0.4, 0.5) is 0 Å². The molecule has 78 valence electrons. The second kappa shape index (κ2) is 8.37. The third-order valence-electron chi connectivity index (χ3n) is 1.61. The van der Waals surface area contributed by atoms with Gasteiger partial charge in [0.1, 0.15) is 5.78 Å². The summed E-state index contributed by atoms with van der Waals surface area (Å²) in [5.41, 5.74) is 1.24. The van der Waals surface area contributed by atoms with Crippen molar-refractivity contribution in [2.45, 2.75) is 19.8 Å². The largest absolute Gasteiger partial charge is 0.300 e. The number of benzene rings is 1. The van der Waals surface area contributed by atoms with Gasteiger partial charge in [-0.15, -0.1) is 0 Å². The molecule has 1 aromatic rings. The van der Waals surface area contributed by atoms with Crippen LogP contribution in [-0.2, 0) is 16.3 Å². The minimum Gasteiger partial charge on any atom is -0.300 e. The lowest BCUT2D eigenvalue weighted by Crippen LogP contribution is -1.92. The van der Waals surface area contributed by atoms with Crippen molar-refractivity contribution in [3.8, 4) is 0 Å². The maximum atomic E-state index is 10.6. The molecule has 0 saturated carbocycles. The highest BCUT2D eigenvalue weighted by Gasteiger charge is 1.94. The quantitative estimate of drug-likeness (QED) is 0.577. The van der Waals surface area contributed by atoms with Gasteiger partial charge in [-0.3, -0.25) is 0 Å². The molecule has 1 rings (SSSR count). The lowest BCUT2D eigenvalue weighted by atomic mass is 10.1. The molecule has 0 aromatic heterocycles. The molecule has 0 bridgehead atoms. The summed E-state index contributed by atoms with van der Waals surface area (Å²) in [6.07, 6.45) is 1.53. The highest BCUT2D eigenvalue weighted by atomic mass is 17.4. The van der Waals surface area contributed by atoms with E-state index >= 15 is 0 Å². The van der Waals surface area contributed by atoms with Gasteiger partial charge in [0.2, 0.25) is 0 Å². The van der Waals surface area contributed by atoms with Crippen molar-refractivity contribution in [2.75, 3.05) is 0 Å². The Balaban J connectivity index is 0.000000500. The van der Waals surface area contributed by atoms with Crippen molar-refractivity contribution in [1.82, 2.24) is 0 Å². The molecule has 0 radical (unpaired) electrons. The van der Waals surface area contributed by atoms with Gasteiger partial charge >= 0.3 is 0 Å². The van der Waals surface area contributed by atoms with E-state index in [-0.39, 0.29) is 5.78 Å². The van der Waals surface area contributed by atoms with Crippen molar-refractivity contribution >= 4 is 5.78 Å². The van der Waals surface area contributed by atoms with E-state index in [0.29, 0.717) is 6.42 Å². The van der Waals surface area contributed by atoms with Gasteiger partial charge in [0.15, 0.2) is 0 Å². The molecule has 4 nitrogen and oxygen atoms in total. The first-order valence-electron chi connectivity index (χ1n) is 4.19. The highest BCUT2D eigenvalue weighted by Crippen LogP contribution is 2.01. The van der Waals surface area contributed by atoms with Gasteiger partial charge in [0.25, 0.3) is 0 Å². The average Bonchev–Trinajstić information content (AvgIpc) is 2.18. The van der Waals surface area contributed by atoms with Crippen LogP contribution in [0.3, 0.4) is 0 Å². The number of hydrogen-bond acceptors (Lipinski definition) is 4. The third kappa shape index (κ3) is 7.42. The van der Waals surface area contributed by atoms with E-state index in [9.17, 15) is 4.79 Å². The molecule has 0 fully saturated rings. The lowest BCUT2D eigenvalue weighted by molar-refractivity contribution is -0.465. The Bertz CT molecular complexity index is 246. The molecule has 0 aliphatic carbocycles. The average molecular weight is 198 g/mol. The fourth-order valence-electron chi connectivity index (χ4n) is 0.965. The van der Waals surface area contributed by atoms with Crippen LogP contribution in [0.2, 0.25) is 0 Å². The van der Waals surface area contributed by atoms with E-state index in [0.717, 1.165) is 6.42 Å². The number of Topliss-reactive ketones (excluding diaryl/α,β-unsaturated/α-hetero) is 1. The summed E-state index contributed by atoms with van der Waals surface area (Å²) in [5.74, 6) is 0.258. The number of ketones is 1. The Hall–Kier alpha value is -1.23. The van der Waals surface area contributed by atoms with E-state index in [2.05, 4.69) is 5.04 Å². The molecule has 0 heterocycles. The summed E-state index contributed by atoms with van der Waals surface area (Å²) in [4.78, 5) is 10.6. The Morgan fingerprint density at radius 3 is 2.21 bits per heavy atom. The monoisotopic (exact) mass is 198 g/mol. The Morgan fingerprint density at radius 2 is 1.79 bits per heavy atom. The van der Waals surface area contributed by atoms with Crippen LogP contribution in [0, 0.1) is 0 Å². The minimum absolute atomic E-state index is 0.258. The van der Waals surface area contributed by atoms with Crippen molar-refractivity contribution in [3.05, 3.63) is 35.9 Å². The van der Waals surface area contributed by atoms with Gasteiger partial charge < -0.3 is 4.79 Å². The van der Waals surface area contributed by atoms with Gasteiger partial charge in [-0.25, -0.2) is 10.5 Å². The van der Waals surface area contributed by atoms with Crippen LogP contribution in [0.5, 0.6) is 0 Å². The zero-order valence-electron chi connectivity index (χ0n) is 8.01. The van der Waals surface area contributed by atoms with Crippen LogP contribution in [-0.4, -0.2) is 16.3 Å². The van der Waals surface area contributed by atoms with Crippen LogP contribution in [0.15, 0.2) is 30.3 Å². The van der Waals surface area contributed by atoms with Crippen molar-refractivity contribution in [2.24, 2.45) is 0 Å². The first kappa shape index (κ1) is 12.8. The first-order valence-corrected chi connectivity index (χ1v) is 4.19. The van der Waals surface area contributed by atoms with Gasteiger partial charge in [-0.2, -0.15) is 0 Å². The molecular weight excluding hydrogens is 184 g/mol. The van der Waals surface area contributed by atoms with Crippen molar-refractivity contribution in [1.29, 1.82) is 0 Å². The van der Waals surface area contributed by atoms with Crippen LogP contribution in [0.1, 0.15) is 18.9 Å². The molecular formula is C10H14O4. The third-order valence-corrected chi connectivity index (χ3v) is 1.61. The summed E-state index contributed by atoms with van der Waals surface area (Å²) in [6, 6.07) is 10.1. The summed E-state index contributed by atoms with van der Waals surface area (Å²) < 4.78 is 0. The van der Waals surface area contributed by atoms with Gasteiger partial charge in [-0.1, -0.05) is 35.4 Å². The zero-order valence-corrected chi connectivity index (χ0v) is 8.01. The summed E-state index contributed by atoms with van der Waals surface area (Å²) >= 11 is 0. The van der Waals surface area contributed by atoms with Crippen LogP contribution in [0.25, 0.3) is 0 Å². The molecule has 0 unspecified atom stereocenters. The topological polar surface area (TPSA) is 66.8 Å². The number of carbonyl (C=O) groups excluding carboxylic acids is 1. The minimum atomic E-state index is 0.258. The van der Waals surface area contributed by atoms with Gasteiger partial charge in [-0.05, 0) is 18.9 Å². The first-order chi connectivity index (χ1) is 6.70. The summed E-state index contributed by atoms with van der Waals surface area (Å²) in [7, 11) is 0. The Labute approximate surface area is 82.6 Å². The molecule has 0 aliphatic heterocycles. The molecule has 1 aromatic carbocycles. The van der Waals surface area contributed by atoms with E-state index in [1.807, 2.05) is 30.3 Å². The number of carbonyl (C=O) groups is 1. The second-order valence-electron chi connectivity index (χ2n) is 2.77. The molecule has 4 heteroatoms. The molecule has 0 spiro atoms. The predicted molar refractivity (Wildman–Crippen MR) is 51.8 cm³/mol. The fraction of sp³-hybridized carbons (Fsp3) is 0.300. The fourth-order valence-corrected chi connectivity index (χ4v) is 0.965. The predicted octanol–water partition coefficient (Wildman–Crippen LogP) is 2.16. The van der Waals surface area contributed by atoms with Gasteiger partial charge in [0.05, 0.1) is 0 Å². The van der Waals surface area contributed by atoms with Gasteiger partial charge in [0, 0.05) is 6.42 Å². The molecule has 0 aliphatic rings. The maximum Gasteiger partial charge on any atom is 0.130 e. The Kier molecular flexibility index (Phi) is 7.64. The smallest absolute Gasteiger partial charge is 0.130 e. The SMILES string of the molecule is CC(=O)CCc1ccccc1.OOO. The van der Waals surface area contributed by atoms with E-state index < -0.39 is 0 Å². The van der Waals surface area contributed by atoms with E-state index in [4.69, 9.17) is 10.5 Å². The van der Waals surface area contributed by atoms with E-state index in [1.165, 1.54) is 5.56 Å². The highest BCUT2D eigenvalue weighted by molar-refractivity contribution is 5.75. The second-order valence-corrected chi connectivity index (χ2v) is 2.77. The lowest BCUT2D eigenvalue weighted by Gasteiger charge is -1.96. The number of rotatable bonds is 3. The Morgan fingerprint density at radius 1 is 1.29 bits per heavy atom. The van der Waals surface area contributed by atoms with Crippen molar-refractivity contribution < 1.29 is 20.3 Å².